The maximum absolute atomic E-state index is 13.4. The number of hydrogen-bond acceptors (Lipinski definition) is 2. The summed E-state index contributed by atoms with van der Waals surface area (Å²) in [5.74, 6) is -4.06. The molecule has 100 valence electrons. The van der Waals surface area contributed by atoms with E-state index in [1.807, 2.05) is 0 Å². The van der Waals surface area contributed by atoms with E-state index in [4.69, 9.17) is 0 Å². The largest absolute Gasteiger partial charge is 0.387 e. The van der Waals surface area contributed by atoms with Crippen LogP contribution in [0.1, 0.15) is 11.7 Å². The lowest BCUT2D eigenvalue weighted by molar-refractivity contribution is 0.191. The number of aliphatic hydroxyl groups is 1. The maximum atomic E-state index is 13.4. The van der Waals surface area contributed by atoms with Gasteiger partial charge in [0.25, 0.3) is 0 Å². The fourth-order valence-electron chi connectivity index (χ4n) is 1.66. The summed E-state index contributed by atoms with van der Waals surface area (Å²) in [6.45, 7) is -0.00793. The summed E-state index contributed by atoms with van der Waals surface area (Å²) in [5.41, 5.74) is 0.465. The molecule has 0 saturated heterocycles. The zero-order chi connectivity index (χ0) is 13.8. The number of rotatable bonds is 4. The molecule has 2 rings (SSSR count). The third-order valence-electron chi connectivity index (χ3n) is 2.71. The molecule has 0 heterocycles. The SMILES string of the molecule is OC(CNc1ccc(F)c(F)c1F)c1ccccc1. The molecule has 1 atom stereocenters. The highest BCUT2D eigenvalue weighted by molar-refractivity contribution is 5.45. The zero-order valence-electron chi connectivity index (χ0n) is 9.91. The van der Waals surface area contributed by atoms with Crippen LogP contribution < -0.4 is 5.32 Å². The molecular weight excluding hydrogens is 255 g/mol. The van der Waals surface area contributed by atoms with Gasteiger partial charge in [-0.3, -0.25) is 0 Å². The quantitative estimate of drug-likeness (QED) is 0.833. The Balaban J connectivity index is 2.05. The molecular formula is C14H12F3NO. The molecule has 5 heteroatoms. The van der Waals surface area contributed by atoms with Crippen LogP contribution in [-0.4, -0.2) is 11.7 Å². The number of nitrogens with one attached hydrogen (secondary N) is 1. The Hall–Kier alpha value is -2.01. The Morgan fingerprint density at radius 3 is 2.32 bits per heavy atom. The number of aliphatic hydroxyl groups excluding tert-OH is 1. The van der Waals surface area contributed by atoms with Gasteiger partial charge in [-0.2, -0.15) is 0 Å². The van der Waals surface area contributed by atoms with E-state index in [2.05, 4.69) is 5.32 Å². The number of hydrogen-bond donors (Lipinski definition) is 2. The van der Waals surface area contributed by atoms with E-state index in [0.29, 0.717) is 5.56 Å². The summed E-state index contributed by atoms with van der Waals surface area (Å²) in [7, 11) is 0. The van der Waals surface area contributed by atoms with E-state index in [1.165, 1.54) is 0 Å². The van der Waals surface area contributed by atoms with Crippen molar-refractivity contribution in [2.75, 3.05) is 11.9 Å². The van der Waals surface area contributed by atoms with Crippen molar-refractivity contribution in [3.63, 3.8) is 0 Å². The van der Waals surface area contributed by atoms with Crippen LogP contribution in [0.2, 0.25) is 0 Å². The van der Waals surface area contributed by atoms with Gasteiger partial charge in [0.2, 0.25) is 0 Å². The van der Waals surface area contributed by atoms with Crippen LogP contribution in [0, 0.1) is 17.5 Å². The third kappa shape index (κ3) is 3.06. The predicted octanol–water partition coefficient (Wildman–Crippen LogP) is 3.25. The first kappa shape index (κ1) is 13.4. The molecule has 0 radical (unpaired) electrons. The lowest BCUT2D eigenvalue weighted by atomic mass is 10.1. The van der Waals surface area contributed by atoms with Crippen LogP contribution in [0.4, 0.5) is 18.9 Å². The molecule has 19 heavy (non-hydrogen) atoms. The van der Waals surface area contributed by atoms with Crippen LogP contribution in [0.3, 0.4) is 0 Å². The fourth-order valence-corrected chi connectivity index (χ4v) is 1.66. The van der Waals surface area contributed by atoms with Crippen LogP contribution >= 0.6 is 0 Å². The summed E-state index contributed by atoms with van der Waals surface area (Å²) < 4.78 is 39.1. The van der Waals surface area contributed by atoms with Gasteiger partial charge in [0, 0.05) is 6.54 Å². The van der Waals surface area contributed by atoms with Gasteiger partial charge < -0.3 is 10.4 Å². The topological polar surface area (TPSA) is 32.3 Å². The molecule has 0 bridgehead atoms. The zero-order valence-corrected chi connectivity index (χ0v) is 9.91. The van der Waals surface area contributed by atoms with E-state index >= 15 is 0 Å². The molecule has 0 aliphatic heterocycles. The molecule has 2 aromatic carbocycles. The second kappa shape index (κ2) is 5.75. The summed E-state index contributed by atoms with van der Waals surface area (Å²) in [5, 5.41) is 12.4. The monoisotopic (exact) mass is 267 g/mol. The van der Waals surface area contributed by atoms with Crippen molar-refractivity contribution < 1.29 is 18.3 Å². The van der Waals surface area contributed by atoms with Crippen LogP contribution in [-0.2, 0) is 0 Å². The van der Waals surface area contributed by atoms with Crippen molar-refractivity contribution >= 4 is 5.69 Å². The Morgan fingerprint density at radius 1 is 0.947 bits per heavy atom. The average Bonchev–Trinajstić information content (AvgIpc) is 2.45. The Kier molecular flexibility index (Phi) is 4.06. The predicted molar refractivity (Wildman–Crippen MR) is 66.2 cm³/mol. The summed E-state index contributed by atoms with van der Waals surface area (Å²) >= 11 is 0. The van der Waals surface area contributed by atoms with E-state index in [9.17, 15) is 18.3 Å². The minimum absolute atomic E-state index is 0.00793. The molecule has 0 aliphatic carbocycles. The standard InChI is InChI=1S/C14H12F3NO/c15-10-6-7-11(14(17)13(10)16)18-8-12(19)9-4-2-1-3-5-9/h1-7,12,18-19H,8H2. The maximum Gasteiger partial charge on any atom is 0.196 e. The first-order valence-electron chi connectivity index (χ1n) is 5.70. The third-order valence-corrected chi connectivity index (χ3v) is 2.71. The van der Waals surface area contributed by atoms with Crippen molar-refractivity contribution in [2.45, 2.75) is 6.10 Å². The summed E-state index contributed by atoms with van der Waals surface area (Å²) in [4.78, 5) is 0. The first-order valence-corrected chi connectivity index (χ1v) is 5.70. The molecule has 2 aromatic rings. The first-order chi connectivity index (χ1) is 9.09. The number of halogens is 3. The van der Waals surface area contributed by atoms with Gasteiger partial charge in [-0.1, -0.05) is 30.3 Å². The Bertz CT molecular complexity index is 560. The molecule has 0 aliphatic rings. The molecule has 2 nitrogen and oxygen atoms in total. The fraction of sp³-hybridized carbons (Fsp3) is 0.143. The average molecular weight is 267 g/mol. The minimum Gasteiger partial charge on any atom is -0.387 e. The van der Waals surface area contributed by atoms with E-state index in [0.717, 1.165) is 12.1 Å². The molecule has 0 amide bonds. The van der Waals surface area contributed by atoms with Crippen molar-refractivity contribution in [3.8, 4) is 0 Å². The highest BCUT2D eigenvalue weighted by Gasteiger charge is 2.14. The highest BCUT2D eigenvalue weighted by atomic mass is 19.2. The van der Waals surface area contributed by atoms with Gasteiger partial charge in [0.15, 0.2) is 17.5 Å². The van der Waals surface area contributed by atoms with Gasteiger partial charge in [-0.15, -0.1) is 0 Å². The summed E-state index contributed by atoms with van der Waals surface area (Å²) in [6, 6.07) is 10.7. The van der Waals surface area contributed by atoms with Gasteiger partial charge >= 0.3 is 0 Å². The van der Waals surface area contributed by atoms with Crippen molar-refractivity contribution in [3.05, 3.63) is 65.5 Å². The van der Waals surface area contributed by atoms with Crippen LogP contribution in [0.15, 0.2) is 42.5 Å². The molecule has 0 fully saturated rings. The summed E-state index contributed by atoms with van der Waals surface area (Å²) in [6.07, 6.45) is -0.867. The van der Waals surface area contributed by atoms with Gasteiger partial charge in [0.1, 0.15) is 0 Å². The van der Waals surface area contributed by atoms with Crippen molar-refractivity contribution in [1.82, 2.24) is 0 Å². The van der Waals surface area contributed by atoms with E-state index < -0.39 is 23.6 Å². The van der Waals surface area contributed by atoms with Crippen LogP contribution in [0.25, 0.3) is 0 Å². The number of anilines is 1. The van der Waals surface area contributed by atoms with Crippen molar-refractivity contribution in [1.29, 1.82) is 0 Å². The molecule has 1 unspecified atom stereocenters. The van der Waals surface area contributed by atoms with E-state index in [1.54, 1.807) is 30.3 Å². The molecule has 2 N–H and O–H groups in total. The van der Waals surface area contributed by atoms with Gasteiger partial charge in [-0.25, -0.2) is 13.2 Å². The second-order valence-electron chi connectivity index (χ2n) is 4.03. The van der Waals surface area contributed by atoms with E-state index in [-0.39, 0.29) is 12.2 Å². The molecule has 0 aromatic heterocycles. The smallest absolute Gasteiger partial charge is 0.196 e. The van der Waals surface area contributed by atoms with Gasteiger partial charge in [-0.05, 0) is 17.7 Å². The van der Waals surface area contributed by atoms with Gasteiger partial charge in [0.05, 0.1) is 11.8 Å². The Labute approximate surface area is 108 Å². The molecule has 0 spiro atoms. The normalized spacial score (nSPS) is 12.2. The second-order valence-corrected chi connectivity index (χ2v) is 4.03. The lowest BCUT2D eigenvalue weighted by Crippen LogP contribution is -2.13. The van der Waals surface area contributed by atoms with Crippen LogP contribution in [0.5, 0.6) is 0 Å². The van der Waals surface area contributed by atoms with Crippen molar-refractivity contribution in [2.24, 2.45) is 0 Å². The highest BCUT2D eigenvalue weighted by Crippen LogP contribution is 2.21. The molecule has 0 saturated carbocycles. The lowest BCUT2D eigenvalue weighted by Gasteiger charge is -2.13. The number of benzene rings is 2. The minimum atomic E-state index is -1.53. The Morgan fingerprint density at radius 2 is 1.63 bits per heavy atom.